The van der Waals surface area contributed by atoms with Gasteiger partial charge in [0.1, 0.15) is 21.8 Å². The molecule has 2 saturated heterocycles. The largest absolute Gasteiger partial charge is 0.357 e. The van der Waals surface area contributed by atoms with E-state index in [9.17, 15) is 14.9 Å². The molecule has 3 heterocycles. The third-order valence-electron chi connectivity index (χ3n) is 6.80. The number of pyridine rings is 1. The van der Waals surface area contributed by atoms with E-state index in [1.807, 2.05) is 13.0 Å². The fraction of sp³-hybridized carbons (Fsp3) is 0.615. The van der Waals surface area contributed by atoms with E-state index in [4.69, 9.17) is 12.2 Å². The van der Waals surface area contributed by atoms with Crippen molar-refractivity contribution >= 4 is 46.1 Å². The Bertz CT molecular complexity index is 1060. The summed E-state index contributed by atoms with van der Waals surface area (Å²) in [5.74, 6) is 1.42. The molecule has 34 heavy (non-hydrogen) atoms. The summed E-state index contributed by atoms with van der Waals surface area (Å²) in [4.78, 5) is 31.1. The highest BCUT2D eigenvalue weighted by Crippen LogP contribution is 2.37. The van der Waals surface area contributed by atoms with Crippen LogP contribution in [0.15, 0.2) is 9.70 Å². The minimum Gasteiger partial charge on any atom is -0.357 e. The molecular weight excluding hydrogens is 464 g/mol. The number of piperidine rings is 1. The third-order valence-corrected chi connectivity index (χ3v) is 8.18. The number of carbonyl (C=O) groups excluding carboxylic acids is 1. The van der Waals surface area contributed by atoms with Crippen molar-refractivity contribution in [2.45, 2.75) is 79.2 Å². The van der Waals surface area contributed by atoms with Gasteiger partial charge < -0.3 is 4.90 Å². The summed E-state index contributed by atoms with van der Waals surface area (Å²) in [6.45, 7) is 11.2. The molecule has 8 heteroatoms. The fourth-order valence-corrected chi connectivity index (χ4v) is 5.86. The van der Waals surface area contributed by atoms with Crippen molar-refractivity contribution in [2.24, 2.45) is 5.92 Å². The Morgan fingerprint density at radius 3 is 2.41 bits per heavy atom. The van der Waals surface area contributed by atoms with Crippen LogP contribution in [0.25, 0.3) is 6.08 Å². The average molecular weight is 501 g/mol. The first-order valence-corrected chi connectivity index (χ1v) is 13.7. The third kappa shape index (κ3) is 5.58. The number of unbranched alkanes of at least 4 members (excludes halogenated alkanes) is 3. The van der Waals surface area contributed by atoms with E-state index in [0.717, 1.165) is 69.4 Å². The van der Waals surface area contributed by atoms with E-state index in [1.54, 1.807) is 9.47 Å². The Morgan fingerprint density at radius 2 is 1.79 bits per heavy atom. The van der Waals surface area contributed by atoms with Crippen LogP contribution < -0.4 is 10.5 Å². The number of hydrogen-bond acceptors (Lipinski definition) is 6. The number of nitrogens with zero attached hydrogens (tertiary/aromatic N) is 4. The van der Waals surface area contributed by atoms with Crippen molar-refractivity contribution in [1.29, 1.82) is 5.26 Å². The van der Waals surface area contributed by atoms with Crippen LogP contribution in [0.3, 0.4) is 0 Å². The van der Waals surface area contributed by atoms with Crippen molar-refractivity contribution in [1.82, 2.24) is 9.47 Å². The van der Waals surface area contributed by atoms with Crippen molar-refractivity contribution in [3.8, 4) is 6.07 Å². The van der Waals surface area contributed by atoms with Gasteiger partial charge in [-0.25, -0.2) is 0 Å². The van der Waals surface area contributed by atoms with E-state index in [0.29, 0.717) is 33.8 Å². The Balaban J connectivity index is 2.13. The Morgan fingerprint density at radius 1 is 1.12 bits per heavy atom. The smallest absolute Gasteiger partial charge is 0.270 e. The summed E-state index contributed by atoms with van der Waals surface area (Å²) in [5.41, 5.74) is 1.38. The highest BCUT2D eigenvalue weighted by Gasteiger charge is 2.33. The zero-order chi connectivity index (χ0) is 24.8. The molecule has 0 aromatic carbocycles. The summed E-state index contributed by atoms with van der Waals surface area (Å²) in [5, 5.41) is 9.83. The van der Waals surface area contributed by atoms with E-state index in [2.05, 4.69) is 31.7 Å². The molecule has 0 atom stereocenters. The lowest BCUT2D eigenvalue weighted by atomic mass is 9.97. The van der Waals surface area contributed by atoms with Gasteiger partial charge >= 0.3 is 0 Å². The number of amides is 1. The number of thiocarbonyl (C=S) groups is 1. The van der Waals surface area contributed by atoms with Crippen LogP contribution in [0.5, 0.6) is 0 Å². The van der Waals surface area contributed by atoms with Gasteiger partial charge in [0.2, 0.25) is 0 Å². The van der Waals surface area contributed by atoms with Crippen molar-refractivity contribution in [3.05, 3.63) is 31.9 Å². The summed E-state index contributed by atoms with van der Waals surface area (Å²) in [7, 11) is 0. The van der Waals surface area contributed by atoms with Gasteiger partial charge in [0.25, 0.3) is 11.5 Å². The molecule has 0 unspecified atom stereocenters. The minimum atomic E-state index is -0.230. The van der Waals surface area contributed by atoms with Crippen molar-refractivity contribution < 1.29 is 4.79 Å². The highest BCUT2D eigenvalue weighted by molar-refractivity contribution is 8.26. The predicted molar refractivity (Wildman–Crippen MR) is 145 cm³/mol. The maximum Gasteiger partial charge on any atom is 0.270 e. The monoisotopic (exact) mass is 500 g/mol. The van der Waals surface area contributed by atoms with Crippen LogP contribution in [0, 0.1) is 24.2 Å². The second-order valence-electron chi connectivity index (χ2n) is 9.37. The van der Waals surface area contributed by atoms with E-state index >= 15 is 0 Å². The van der Waals surface area contributed by atoms with Gasteiger partial charge in [0.15, 0.2) is 0 Å². The summed E-state index contributed by atoms with van der Waals surface area (Å²) < 4.78 is 2.36. The van der Waals surface area contributed by atoms with Gasteiger partial charge in [0, 0.05) is 31.7 Å². The van der Waals surface area contributed by atoms with E-state index in [-0.39, 0.29) is 17.0 Å². The highest BCUT2D eigenvalue weighted by atomic mass is 32.2. The van der Waals surface area contributed by atoms with Crippen LogP contribution in [0.4, 0.5) is 5.82 Å². The molecule has 2 aliphatic rings. The maximum atomic E-state index is 13.4. The fourth-order valence-electron chi connectivity index (χ4n) is 4.57. The zero-order valence-corrected chi connectivity index (χ0v) is 22.5. The van der Waals surface area contributed by atoms with Gasteiger partial charge in [0.05, 0.1) is 4.91 Å². The molecule has 0 N–H and O–H groups in total. The molecule has 0 bridgehead atoms. The van der Waals surface area contributed by atoms with Crippen LogP contribution in [0.2, 0.25) is 0 Å². The van der Waals surface area contributed by atoms with Gasteiger partial charge in [-0.3, -0.25) is 19.1 Å². The molecule has 3 rings (SSSR count). The van der Waals surface area contributed by atoms with Gasteiger partial charge in [-0.2, -0.15) is 5.26 Å². The van der Waals surface area contributed by atoms with Crippen LogP contribution in [-0.2, 0) is 11.3 Å². The number of nitriles is 1. The molecule has 1 aromatic heterocycles. The van der Waals surface area contributed by atoms with Crippen molar-refractivity contribution in [3.63, 3.8) is 0 Å². The number of rotatable bonds is 9. The van der Waals surface area contributed by atoms with Crippen LogP contribution >= 0.6 is 24.0 Å². The lowest BCUT2D eigenvalue weighted by Gasteiger charge is -2.35. The first-order valence-electron chi connectivity index (χ1n) is 12.5. The number of carbonyl (C=O) groups is 1. The number of hydrogen-bond donors (Lipinski definition) is 0. The first-order chi connectivity index (χ1) is 16.3. The minimum absolute atomic E-state index is 0.0754. The Labute approximate surface area is 213 Å². The molecule has 1 amide bonds. The van der Waals surface area contributed by atoms with Gasteiger partial charge in [-0.05, 0) is 50.2 Å². The summed E-state index contributed by atoms with van der Waals surface area (Å²) in [6.07, 6.45) is 8.85. The first kappa shape index (κ1) is 26.5. The molecule has 0 aliphatic carbocycles. The predicted octanol–water partition coefficient (Wildman–Crippen LogP) is 5.46. The molecule has 1 aromatic rings. The van der Waals surface area contributed by atoms with Crippen LogP contribution in [-0.4, -0.2) is 39.3 Å². The molecular formula is C26H36N4O2S2. The topological polar surface area (TPSA) is 69.3 Å². The normalized spacial score (nSPS) is 18.3. The standard InChI is InChI=1S/C26H36N4O2S2/c1-5-7-9-13-30-25(32)22(34-26(30)33)16-20-19(4)21(17-27)24(31)29(12-8-6-2)23(20)28-14-10-18(3)11-15-28/h16,18H,5-15H2,1-4H3/b22-16+. The second-order valence-corrected chi connectivity index (χ2v) is 11.0. The van der Waals surface area contributed by atoms with Crippen molar-refractivity contribution in [2.75, 3.05) is 24.5 Å². The molecule has 2 fully saturated rings. The molecule has 2 aliphatic heterocycles. The average Bonchev–Trinajstić information content (AvgIpc) is 3.08. The number of thioether (sulfide) groups is 1. The lowest BCUT2D eigenvalue weighted by molar-refractivity contribution is -0.122. The van der Waals surface area contributed by atoms with Gasteiger partial charge in [-0.15, -0.1) is 0 Å². The molecule has 184 valence electrons. The van der Waals surface area contributed by atoms with Gasteiger partial charge in [-0.1, -0.05) is 64.0 Å². The van der Waals surface area contributed by atoms with E-state index in [1.165, 1.54) is 11.8 Å². The molecule has 0 spiro atoms. The molecule has 0 saturated carbocycles. The zero-order valence-electron chi connectivity index (χ0n) is 20.9. The summed E-state index contributed by atoms with van der Waals surface area (Å²) in [6, 6.07) is 2.14. The maximum absolute atomic E-state index is 13.4. The molecule has 0 radical (unpaired) electrons. The lowest BCUT2D eigenvalue weighted by Crippen LogP contribution is -2.39. The number of anilines is 1. The number of aromatic nitrogens is 1. The Kier molecular flexibility index (Phi) is 9.38. The quantitative estimate of drug-likeness (QED) is 0.255. The SMILES string of the molecule is CCCCCN1C(=O)/C(=C\c2c(C)c(C#N)c(=O)n(CCCC)c2N2CCC(C)CC2)SC1=S. The van der Waals surface area contributed by atoms with E-state index < -0.39 is 0 Å². The molecule has 6 nitrogen and oxygen atoms in total. The second kappa shape index (κ2) is 12.0. The summed E-state index contributed by atoms with van der Waals surface area (Å²) >= 11 is 6.85. The van der Waals surface area contributed by atoms with Crippen LogP contribution in [0.1, 0.15) is 82.4 Å². The Hall–Kier alpha value is -2.11.